The SMILES string of the molecule is Cc1c(F)ccc(N2CCCC2)c1I. The van der Waals surface area contributed by atoms with E-state index in [9.17, 15) is 4.39 Å². The van der Waals surface area contributed by atoms with E-state index in [0.717, 1.165) is 22.2 Å². The lowest BCUT2D eigenvalue weighted by molar-refractivity contribution is 0.617. The third kappa shape index (κ3) is 1.74. The van der Waals surface area contributed by atoms with Crippen molar-refractivity contribution in [2.24, 2.45) is 0 Å². The summed E-state index contributed by atoms with van der Waals surface area (Å²) in [5.74, 6) is -0.0997. The number of hydrogen-bond donors (Lipinski definition) is 0. The van der Waals surface area contributed by atoms with Gasteiger partial charge in [-0.05, 0) is 54.5 Å². The van der Waals surface area contributed by atoms with Gasteiger partial charge in [0.15, 0.2) is 0 Å². The van der Waals surface area contributed by atoms with Crippen LogP contribution in [0.1, 0.15) is 18.4 Å². The summed E-state index contributed by atoms with van der Waals surface area (Å²) in [5.41, 5.74) is 1.97. The lowest BCUT2D eigenvalue weighted by Gasteiger charge is -2.20. The van der Waals surface area contributed by atoms with E-state index < -0.39 is 0 Å². The van der Waals surface area contributed by atoms with Crippen molar-refractivity contribution in [1.29, 1.82) is 0 Å². The van der Waals surface area contributed by atoms with Gasteiger partial charge in [-0.15, -0.1) is 0 Å². The smallest absolute Gasteiger partial charge is 0.127 e. The van der Waals surface area contributed by atoms with E-state index in [1.165, 1.54) is 18.5 Å². The first-order valence-electron chi connectivity index (χ1n) is 4.89. The molecule has 0 unspecified atom stereocenters. The quantitative estimate of drug-likeness (QED) is 0.719. The first-order chi connectivity index (χ1) is 6.70. The van der Waals surface area contributed by atoms with E-state index in [1.807, 2.05) is 13.0 Å². The zero-order valence-corrected chi connectivity index (χ0v) is 10.3. The lowest BCUT2D eigenvalue weighted by atomic mass is 10.2. The van der Waals surface area contributed by atoms with Crippen LogP contribution in [-0.2, 0) is 0 Å². The molecule has 1 heterocycles. The Balaban J connectivity index is 2.38. The van der Waals surface area contributed by atoms with Crippen LogP contribution in [0.25, 0.3) is 0 Å². The summed E-state index contributed by atoms with van der Waals surface area (Å²) in [6, 6.07) is 3.47. The molecule has 0 atom stereocenters. The summed E-state index contributed by atoms with van der Waals surface area (Å²) < 4.78 is 14.3. The number of halogens is 2. The second kappa shape index (κ2) is 4.04. The zero-order valence-electron chi connectivity index (χ0n) is 8.19. The topological polar surface area (TPSA) is 3.24 Å². The molecule has 3 heteroatoms. The lowest BCUT2D eigenvalue weighted by Crippen LogP contribution is -2.19. The van der Waals surface area contributed by atoms with Gasteiger partial charge in [-0.3, -0.25) is 0 Å². The van der Waals surface area contributed by atoms with Crippen molar-refractivity contribution in [2.75, 3.05) is 18.0 Å². The Morgan fingerprint density at radius 2 is 1.93 bits per heavy atom. The van der Waals surface area contributed by atoms with Crippen molar-refractivity contribution in [2.45, 2.75) is 19.8 Å². The predicted molar refractivity (Wildman–Crippen MR) is 65.3 cm³/mol. The van der Waals surface area contributed by atoms with Crippen LogP contribution in [0.2, 0.25) is 0 Å². The Morgan fingerprint density at radius 1 is 1.29 bits per heavy atom. The summed E-state index contributed by atoms with van der Waals surface area (Å²) in [4.78, 5) is 2.34. The Morgan fingerprint density at radius 3 is 2.57 bits per heavy atom. The van der Waals surface area contributed by atoms with E-state index in [4.69, 9.17) is 0 Å². The highest BCUT2D eigenvalue weighted by Gasteiger charge is 2.16. The predicted octanol–water partition coefficient (Wildman–Crippen LogP) is 3.34. The molecule has 0 aliphatic carbocycles. The van der Waals surface area contributed by atoms with Gasteiger partial charge in [-0.25, -0.2) is 4.39 Å². The Hall–Kier alpha value is -0.320. The summed E-state index contributed by atoms with van der Waals surface area (Å²) in [6.07, 6.45) is 2.51. The molecule has 2 rings (SSSR count). The molecule has 0 bridgehead atoms. The third-order valence-corrected chi connectivity index (χ3v) is 4.11. The molecule has 0 spiro atoms. The minimum Gasteiger partial charge on any atom is -0.371 e. The minimum atomic E-state index is -0.0997. The summed E-state index contributed by atoms with van der Waals surface area (Å²) in [7, 11) is 0. The fraction of sp³-hybridized carbons (Fsp3) is 0.455. The second-order valence-corrected chi connectivity index (χ2v) is 4.78. The molecule has 1 aromatic rings. The molecule has 14 heavy (non-hydrogen) atoms. The van der Waals surface area contributed by atoms with Crippen molar-refractivity contribution >= 4 is 28.3 Å². The molecule has 1 aromatic carbocycles. The molecule has 1 saturated heterocycles. The van der Waals surface area contributed by atoms with Crippen molar-refractivity contribution < 1.29 is 4.39 Å². The van der Waals surface area contributed by atoms with Crippen LogP contribution in [-0.4, -0.2) is 13.1 Å². The third-order valence-electron chi connectivity index (χ3n) is 2.75. The van der Waals surface area contributed by atoms with Crippen molar-refractivity contribution in [3.05, 3.63) is 27.1 Å². The molecule has 0 aromatic heterocycles. The van der Waals surface area contributed by atoms with Crippen LogP contribution < -0.4 is 4.90 Å². The van der Waals surface area contributed by atoms with E-state index in [2.05, 4.69) is 27.5 Å². The monoisotopic (exact) mass is 305 g/mol. The van der Waals surface area contributed by atoms with Gasteiger partial charge >= 0.3 is 0 Å². The maximum atomic E-state index is 13.2. The molecule has 76 valence electrons. The van der Waals surface area contributed by atoms with Crippen LogP contribution in [0.3, 0.4) is 0 Å². The molecule has 1 aliphatic rings. The Bertz CT molecular complexity index is 345. The van der Waals surface area contributed by atoms with Crippen LogP contribution >= 0.6 is 22.6 Å². The van der Waals surface area contributed by atoms with Gasteiger partial charge in [0.05, 0.1) is 5.69 Å². The molecule has 1 nitrogen and oxygen atoms in total. The summed E-state index contributed by atoms with van der Waals surface area (Å²) in [5, 5.41) is 0. The normalized spacial score (nSPS) is 16.4. The number of benzene rings is 1. The first-order valence-corrected chi connectivity index (χ1v) is 5.97. The number of rotatable bonds is 1. The summed E-state index contributed by atoms with van der Waals surface area (Å²) >= 11 is 2.24. The van der Waals surface area contributed by atoms with Crippen LogP contribution in [0.5, 0.6) is 0 Å². The van der Waals surface area contributed by atoms with Crippen LogP contribution in [0.15, 0.2) is 12.1 Å². The molecular weight excluding hydrogens is 292 g/mol. The van der Waals surface area contributed by atoms with Gasteiger partial charge in [0.1, 0.15) is 5.82 Å². The van der Waals surface area contributed by atoms with Gasteiger partial charge in [0.25, 0.3) is 0 Å². The largest absolute Gasteiger partial charge is 0.371 e. The first kappa shape index (κ1) is 10.2. The maximum absolute atomic E-state index is 13.2. The molecule has 1 fully saturated rings. The van der Waals surface area contributed by atoms with E-state index >= 15 is 0 Å². The molecule has 1 aliphatic heterocycles. The van der Waals surface area contributed by atoms with Crippen LogP contribution in [0, 0.1) is 16.3 Å². The zero-order chi connectivity index (χ0) is 10.1. The fourth-order valence-corrected chi connectivity index (χ4v) is 2.63. The van der Waals surface area contributed by atoms with Crippen LogP contribution in [0.4, 0.5) is 10.1 Å². The van der Waals surface area contributed by atoms with Gasteiger partial charge in [0.2, 0.25) is 0 Å². The molecule has 0 amide bonds. The van der Waals surface area contributed by atoms with Gasteiger partial charge in [-0.2, -0.15) is 0 Å². The Kier molecular flexibility index (Phi) is 2.95. The van der Waals surface area contributed by atoms with Crippen molar-refractivity contribution in [1.82, 2.24) is 0 Å². The minimum absolute atomic E-state index is 0.0997. The average Bonchev–Trinajstić information content (AvgIpc) is 2.67. The van der Waals surface area contributed by atoms with Gasteiger partial charge < -0.3 is 4.90 Å². The molecule has 0 radical (unpaired) electrons. The highest BCUT2D eigenvalue weighted by atomic mass is 127. The number of anilines is 1. The molecule has 0 N–H and O–H groups in total. The standard InChI is InChI=1S/C11H13FIN/c1-8-9(12)4-5-10(11(8)13)14-6-2-3-7-14/h4-5H,2-3,6-7H2,1H3. The van der Waals surface area contributed by atoms with Gasteiger partial charge in [0, 0.05) is 22.2 Å². The average molecular weight is 305 g/mol. The number of hydrogen-bond acceptors (Lipinski definition) is 1. The van der Waals surface area contributed by atoms with Gasteiger partial charge in [-0.1, -0.05) is 0 Å². The molecular formula is C11H13FIN. The second-order valence-electron chi connectivity index (χ2n) is 3.70. The van der Waals surface area contributed by atoms with E-state index in [0.29, 0.717) is 0 Å². The maximum Gasteiger partial charge on any atom is 0.127 e. The van der Waals surface area contributed by atoms with E-state index in [-0.39, 0.29) is 5.82 Å². The molecule has 0 saturated carbocycles. The fourth-order valence-electron chi connectivity index (χ4n) is 1.85. The highest BCUT2D eigenvalue weighted by molar-refractivity contribution is 14.1. The summed E-state index contributed by atoms with van der Waals surface area (Å²) in [6.45, 7) is 4.07. The highest BCUT2D eigenvalue weighted by Crippen LogP contribution is 2.29. The number of nitrogens with zero attached hydrogens (tertiary/aromatic N) is 1. The van der Waals surface area contributed by atoms with Crippen molar-refractivity contribution in [3.63, 3.8) is 0 Å². The van der Waals surface area contributed by atoms with E-state index in [1.54, 1.807) is 6.07 Å². The Labute approximate surface area is 97.4 Å². The van der Waals surface area contributed by atoms with Crippen molar-refractivity contribution in [3.8, 4) is 0 Å².